The van der Waals surface area contributed by atoms with Gasteiger partial charge in [-0.15, -0.1) is 11.6 Å². The molecule has 0 aliphatic carbocycles. The molecule has 0 spiro atoms. The number of hydrogen-bond acceptors (Lipinski definition) is 4. The second kappa shape index (κ2) is 19.0. The molecular formula is C21H41ClO4. The van der Waals surface area contributed by atoms with Crippen molar-refractivity contribution < 1.29 is 19.1 Å². The first-order valence-electron chi connectivity index (χ1n) is 10.3. The minimum atomic E-state index is -0.767. The molecule has 0 aliphatic rings. The Hall–Kier alpha value is -0.770. The van der Waals surface area contributed by atoms with Gasteiger partial charge < -0.3 is 9.47 Å². The molecule has 2 atom stereocenters. The lowest BCUT2D eigenvalue weighted by Crippen LogP contribution is -2.29. The summed E-state index contributed by atoms with van der Waals surface area (Å²) < 4.78 is 9.87. The highest BCUT2D eigenvalue weighted by atomic mass is 35.5. The maximum absolute atomic E-state index is 11.7. The zero-order chi connectivity index (χ0) is 20.4. The summed E-state index contributed by atoms with van der Waals surface area (Å²) in [6.45, 7) is 12.6. The van der Waals surface area contributed by atoms with Gasteiger partial charge in [0.1, 0.15) is 0 Å². The summed E-state index contributed by atoms with van der Waals surface area (Å²) in [7, 11) is 0. The second-order valence-electron chi connectivity index (χ2n) is 6.94. The summed E-state index contributed by atoms with van der Waals surface area (Å²) in [6, 6.07) is 0. The van der Waals surface area contributed by atoms with Crippen molar-refractivity contribution in [2.45, 2.75) is 86.5 Å². The number of carbonyl (C=O) groups excluding carboxylic acids is 2. The average molecular weight is 393 g/mol. The van der Waals surface area contributed by atoms with Crippen molar-refractivity contribution in [3.8, 4) is 0 Å². The van der Waals surface area contributed by atoms with Gasteiger partial charge in [0, 0.05) is 5.88 Å². The standard InChI is InChI=1S/C14H26O4.C7H15Cl/c1-5-8-9-11(4)10-12(13(15)17-6-2)14(16)18-7-3;1-3-4-5-7(2)6-8/h11-12H,5-10H2,1-4H3;7H,3-6H2,1-2H3. The van der Waals surface area contributed by atoms with E-state index in [4.69, 9.17) is 21.1 Å². The molecule has 0 radical (unpaired) electrons. The van der Waals surface area contributed by atoms with Gasteiger partial charge in [-0.2, -0.15) is 0 Å². The van der Waals surface area contributed by atoms with Crippen LogP contribution in [0.5, 0.6) is 0 Å². The van der Waals surface area contributed by atoms with Gasteiger partial charge in [0.05, 0.1) is 13.2 Å². The third-order valence-electron chi connectivity index (χ3n) is 4.14. The molecule has 0 saturated heterocycles. The first-order valence-corrected chi connectivity index (χ1v) is 10.8. The fraction of sp³-hybridized carbons (Fsp3) is 0.905. The Morgan fingerprint density at radius 1 is 0.808 bits per heavy atom. The van der Waals surface area contributed by atoms with Crippen molar-refractivity contribution in [1.29, 1.82) is 0 Å². The van der Waals surface area contributed by atoms with Gasteiger partial charge in [-0.3, -0.25) is 9.59 Å². The summed E-state index contributed by atoms with van der Waals surface area (Å²) in [5, 5.41) is 0. The van der Waals surface area contributed by atoms with Crippen LogP contribution in [0.2, 0.25) is 0 Å². The Labute approximate surface area is 166 Å². The highest BCUT2D eigenvalue weighted by molar-refractivity contribution is 6.18. The summed E-state index contributed by atoms with van der Waals surface area (Å²) in [4.78, 5) is 23.5. The molecule has 0 aromatic carbocycles. The van der Waals surface area contributed by atoms with E-state index in [1.165, 1.54) is 19.3 Å². The van der Waals surface area contributed by atoms with E-state index in [2.05, 4.69) is 27.7 Å². The smallest absolute Gasteiger partial charge is 0.320 e. The van der Waals surface area contributed by atoms with Crippen LogP contribution < -0.4 is 0 Å². The minimum absolute atomic E-state index is 0.290. The number of ether oxygens (including phenoxy) is 2. The average Bonchev–Trinajstić information content (AvgIpc) is 2.63. The molecule has 0 aromatic rings. The van der Waals surface area contributed by atoms with Gasteiger partial charge in [-0.05, 0) is 38.5 Å². The second-order valence-corrected chi connectivity index (χ2v) is 7.25. The zero-order valence-electron chi connectivity index (χ0n) is 17.8. The number of halogens is 1. The van der Waals surface area contributed by atoms with Crippen molar-refractivity contribution in [2.24, 2.45) is 17.8 Å². The number of carbonyl (C=O) groups is 2. The van der Waals surface area contributed by atoms with Crippen LogP contribution in [0.4, 0.5) is 0 Å². The summed E-state index contributed by atoms with van der Waals surface area (Å²) in [5.41, 5.74) is 0. The normalized spacial score (nSPS) is 12.8. The van der Waals surface area contributed by atoms with Gasteiger partial charge in [0.2, 0.25) is 0 Å². The molecule has 0 bridgehead atoms. The van der Waals surface area contributed by atoms with Crippen molar-refractivity contribution in [3.63, 3.8) is 0 Å². The van der Waals surface area contributed by atoms with Crippen molar-refractivity contribution in [2.75, 3.05) is 19.1 Å². The molecule has 2 unspecified atom stereocenters. The number of alkyl halides is 1. The molecule has 156 valence electrons. The molecule has 0 saturated carbocycles. The monoisotopic (exact) mass is 392 g/mol. The van der Waals surface area contributed by atoms with Gasteiger partial charge >= 0.3 is 11.9 Å². The van der Waals surface area contributed by atoms with E-state index in [1.54, 1.807) is 13.8 Å². The molecule has 0 aromatic heterocycles. The van der Waals surface area contributed by atoms with Crippen LogP contribution in [0.1, 0.15) is 86.5 Å². The topological polar surface area (TPSA) is 52.6 Å². The first kappa shape index (κ1) is 27.4. The van der Waals surface area contributed by atoms with Gasteiger partial charge in [-0.1, -0.05) is 59.8 Å². The minimum Gasteiger partial charge on any atom is -0.465 e. The lowest BCUT2D eigenvalue weighted by atomic mass is 9.92. The molecule has 0 rings (SSSR count). The molecule has 0 aliphatic heterocycles. The van der Waals surface area contributed by atoms with Crippen LogP contribution in [0.25, 0.3) is 0 Å². The van der Waals surface area contributed by atoms with E-state index >= 15 is 0 Å². The highest BCUT2D eigenvalue weighted by Crippen LogP contribution is 2.20. The predicted octanol–water partition coefficient (Wildman–Crippen LogP) is 6.00. The van der Waals surface area contributed by atoms with Crippen molar-refractivity contribution in [1.82, 2.24) is 0 Å². The maximum atomic E-state index is 11.7. The van der Waals surface area contributed by atoms with Crippen LogP contribution in [0.3, 0.4) is 0 Å². The molecule has 0 amide bonds. The van der Waals surface area contributed by atoms with E-state index in [1.807, 2.05) is 0 Å². The largest absolute Gasteiger partial charge is 0.465 e. The van der Waals surface area contributed by atoms with Crippen molar-refractivity contribution >= 4 is 23.5 Å². The van der Waals surface area contributed by atoms with Crippen molar-refractivity contribution in [3.05, 3.63) is 0 Å². The van der Waals surface area contributed by atoms with Crippen LogP contribution in [0.15, 0.2) is 0 Å². The zero-order valence-corrected chi connectivity index (χ0v) is 18.6. The molecule has 0 fully saturated rings. The quantitative estimate of drug-likeness (QED) is 0.219. The molecule has 0 N–H and O–H groups in total. The fourth-order valence-electron chi connectivity index (χ4n) is 2.48. The molecule has 4 nitrogen and oxygen atoms in total. The number of hydrogen-bond donors (Lipinski definition) is 0. The maximum Gasteiger partial charge on any atom is 0.320 e. The van der Waals surface area contributed by atoms with Gasteiger partial charge in [-0.25, -0.2) is 0 Å². The summed E-state index contributed by atoms with van der Waals surface area (Å²) in [6.07, 6.45) is 7.67. The Kier molecular flexibility index (Phi) is 20.1. The highest BCUT2D eigenvalue weighted by Gasteiger charge is 2.30. The lowest BCUT2D eigenvalue weighted by molar-refractivity contribution is -0.162. The van der Waals surface area contributed by atoms with E-state index < -0.39 is 17.9 Å². The van der Waals surface area contributed by atoms with Crippen LogP contribution >= 0.6 is 11.6 Å². The van der Waals surface area contributed by atoms with E-state index in [0.717, 1.165) is 31.1 Å². The summed E-state index contributed by atoms with van der Waals surface area (Å²) >= 11 is 5.59. The van der Waals surface area contributed by atoms with E-state index in [-0.39, 0.29) is 13.2 Å². The van der Waals surface area contributed by atoms with Crippen LogP contribution in [0, 0.1) is 17.8 Å². The SMILES string of the molecule is CCCCC(C)CC(C(=O)OCC)C(=O)OCC.CCCCC(C)CCl. The fourth-order valence-corrected chi connectivity index (χ4v) is 2.63. The summed E-state index contributed by atoms with van der Waals surface area (Å²) in [5.74, 6) is 0.177. The molecule has 0 heterocycles. The Morgan fingerprint density at radius 3 is 1.58 bits per heavy atom. The Bertz CT molecular complexity index is 329. The van der Waals surface area contributed by atoms with E-state index in [0.29, 0.717) is 12.3 Å². The van der Waals surface area contributed by atoms with Gasteiger partial charge in [0.25, 0.3) is 0 Å². The number of unbranched alkanes of at least 4 members (excludes halogenated alkanes) is 2. The third kappa shape index (κ3) is 15.5. The molecule has 26 heavy (non-hydrogen) atoms. The lowest BCUT2D eigenvalue weighted by Gasteiger charge is -2.18. The molecular weight excluding hydrogens is 352 g/mol. The Morgan fingerprint density at radius 2 is 1.23 bits per heavy atom. The first-order chi connectivity index (χ1) is 12.4. The van der Waals surface area contributed by atoms with Crippen LogP contribution in [-0.4, -0.2) is 31.0 Å². The Balaban J connectivity index is 0. The third-order valence-corrected chi connectivity index (χ3v) is 4.67. The van der Waals surface area contributed by atoms with E-state index in [9.17, 15) is 9.59 Å². The molecule has 5 heteroatoms. The number of rotatable bonds is 13. The number of esters is 2. The van der Waals surface area contributed by atoms with Gasteiger partial charge in [0.15, 0.2) is 5.92 Å². The predicted molar refractivity (Wildman–Crippen MR) is 109 cm³/mol. The van der Waals surface area contributed by atoms with Crippen LogP contribution in [-0.2, 0) is 19.1 Å².